The smallest absolute Gasteiger partial charge is 0.253 e. The highest BCUT2D eigenvalue weighted by Crippen LogP contribution is 2.25. The molecule has 8 heteroatoms. The summed E-state index contributed by atoms with van der Waals surface area (Å²) in [6, 6.07) is 14.9. The molecular weight excluding hydrogens is 419 g/mol. The van der Waals surface area contributed by atoms with E-state index in [9.17, 15) is 14.4 Å². The maximum Gasteiger partial charge on any atom is 0.253 e. The average Bonchev–Trinajstić information content (AvgIpc) is 3.22. The summed E-state index contributed by atoms with van der Waals surface area (Å²) in [5.41, 5.74) is 1.56. The predicted octanol–water partition coefficient (Wildman–Crippen LogP) is 4.47. The van der Waals surface area contributed by atoms with E-state index in [2.05, 4.69) is 11.1 Å². The van der Waals surface area contributed by atoms with Crippen LogP contribution in [0.5, 0.6) is 0 Å². The van der Waals surface area contributed by atoms with Crippen LogP contribution in [0.4, 0.5) is 10.3 Å². The summed E-state index contributed by atoms with van der Waals surface area (Å²) in [5, 5.41) is 10.0. The number of carbonyl (C=O) groups is 1. The lowest BCUT2D eigenvalue weighted by Gasteiger charge is -2.34. The molecule has 0 N–H and O–H groups in total. The molecule has 1 aliphatic heterocycles. The first-order valence-electron chi connectivity index (χ1n) is 9.68. The minimum atomic E-state index is -0.309. The molecule has 1 aromatic heterocycles. The number of hydrogen-bond donors (Lipinski definition) is 0. The molecule has 156 valence electrons. The van der Waals surface area contributed by atoms with Gasteiger partial charge in [0.2, 0.25) is 17.5 Å². The highest BCUT2D eigenvalue weighted by atomic mass is 35.5. The number of oxazole rings is 1. The Labute approximate surface area is 183 Å². The van der Waals surface area contributed by atoms with Crippen molar-refractivity contribution in [1.82, 2.24) is 9.88 Å². The summed E-state index contributed by atoms with van der Waals surface area (Å²) in [5.74, 6) is 0.309. The van der Waals surface area contributed by atoms with Gasteiger partial charge in [-0.2, -0.15) is 10.2 Å². The van der Waals surface area contributed by atoms with Crippen molar-refractivity contribution in [2.24, 2.45) is 0 Å². The normalized spacial score (nSPS) is 14.1. The van der Waals surface area contributed by atoms with Crippen molar-refractivity contribution in [1.29, 1.82) is 5.26 Å². The van der Waals surface area contributed by atoms with E-state index in [-0.39, 0.29) is 23.3 Å². The fraction of sp³-hybridized carbons (Fsp3) is 0.174. The van der Waals surface area contributed by atoms with Crippen LogP contribution in [0.1, 0.15) is 27.5 Å². The Morgan fingerprint density at radius 3 is 2.39 bits per heavy atom. The summed E-state index contributed by atoms with van der Waals surface area (Å²) in [7, 11) is 0. The van der Waals surface area contributed by atoms with E-state index >= 15 is 0 Å². The fourth-order valence-corrected chi connectivity index (χ4v) is 3.44. The molecule has 0 aliphatic carbocycles. The van der Waals surface area contributed by atoms with Crippen LogP contribution >= 0.6 is 11.6 Å². The van der Waals surface area contributed by atoms with E-state index in [1.54, 1.807) is 53.5 Å². The molecule has 0 unspecified atom stereocenters. The Hall–Kier alpha value is -3.63. The minimum Gasteiger partial charge on any atom is -0.420 e. The first kappa shape index (κ1) is 20.6. The van der Waals surface area contributed by atoms with E-state index in [0.29, 0.717) is 42.6 Å². The third-order valence-corrected chi connectivity index (χ3v) is 5.22. The van der Waals surface area contributed by atoms with Gasteiger partial charge in [-0.05, 0) is 48.0 Å². The van der Waals surface area contributed by atoms with E-state index in [1.165, 1.54) is 12.1 Å². The van der Waals surface area contributed by atoms with Crippen LogP contribution in [0, 0.1) is 17.1 Å². The van der Waals surface area contributed by atoms with E-state index in [1.807, 2.05) is 4.90 Å². The Bertz CT molecular complexity index is 1140. The van der Waals surface area contributed by atoms with Crippen molar-refractivity contribution in [3.05, 3.63) is 82.1 Å². The largest absolute Gasteiger partial charge is 0.420 e. The van der Waals surface area contributed by atoms with Crippen molar-refractivity contribution in [2.75, 3.05) is 31.1 Å². The minimum absolute atomic E-state index is 0.0580. The lowest BCUT2D eigenvalue weighted by atomic mass is 10.2. The number of hydrogen-bond acceptors (Lipinski definition) is 5. The van der Waals surface area contributed by atoms with Gasteiger partial charge in [-0.25, -0.2) is 4.39 Å². The molecule has 0 saturated carbocycles. The van der Waals surface area contributed by atoms with Crippen molar-refractivity contribution in [3.63, 3.8) is 0 Å². The van der Waals surface area contributed by atoms with E-state index < -0.39 is 0 Å². The van der Waals surface area contributed by atoms with Crippen LogP contribution in [0.3, 0.4) is 0 Å². The van der Waals surface area contributed by atoms with Crippen molar-refractivity contribution < 1.29 is 13.6 Å². The number of piperazine rings is 1. The summed E-state index contributed by atoms with van der Waals surface area (Å²) in [4.78, 5) is 20.6. The van der Waals surface area contributed by atoms with Gasteiger partial charge in [-0.1, -0.05) is 23.7 Å². The first-order valence-corrected chi connectivity index (χ1v) is 10.1. The molecule has 1 aliphatic rings. The van der Waals surface area contributed by atoms with Crippen LogP contribution in [-0.4, -0.2) is 42.0 Å². The van der Waals surface area contributed by atoms with Gasteiger partial charge in [0.05, 0.1) is 0 Å². The van der Waals surface area contributed by atoms with Crippen LogP contribution in [-0.2, 0) is 0 Å². The second-order valence-electron chi connectivity index (χ2n) is 6.99. The molecule has 2 aromatic carbocycles. The van der Waals surface area contributed by atoms with Gasteiger partial charge in [-0.3, -0.25) is 4.79 Å². The molecule has 0 spiro atoms. The molecule has 1 amide bonds. The Kier molecular flexibility index (Phi) is 6.01. The zero-order chi connectivity index (χ0) is 21.8. The maximum atomic E-state index is 13.0. The fourth-order valence-electron chi connectivity index (χ4n) is 3.32. The SMILES string of the molecule is N#Cc1nc(/C=C/c2ccc(F)cc2)oc1N1CCN(C(=O)c2ccc(Cl)cc2)CC1. The third kappa shape index (κ3) is 4.76. The zero-order valence-corrected chi connectivity index (χ0v) is 17.2. The first-order chi connectivity index (χ1) is 15.0. The quantitative estimate of drug-likeness (QED) is 0.603. The average molecular weight is 437 g/mol. The molecule has 0 atom stereocenters. The standard InChI is InChI=1S/C23H18ClFN4O2/c24-18-6-4-17(5-7-18)22(30)28-11-13-29(14-12-28)23-20(15-26)27-21(31-23)10-3-16-1-8-19(25)9-2-16/h1-10H,11-14H2/b10-3+. The number of carbonyl (C=O) groups excluding carboxylic acids is 1. The number of rotatable bonds is 4. The number of amides is 1. The molecule has 0 bridgehead atoms. The topological polar surface area (TPSA) is 73.4 Å². The van der Waals surface area contributed by atoms with Crippen LogP contribution in [0.25, 0.3) is 12.2 Å². The number of benzene rings is 2. The highest BCUT2D eigenvalue weighted by Gasteiger charge is 2.26. The summed E-state index contributed by atoms with van der Waals surface area (Å²) in [6.45, 7) is 2.02. The van der Waals surface area contributed by atoms with Gasteiger partial charge < -0.3 is 14.2 Å². The Morgan fingerprint density at radius 1 is 1.06 bits per heavy atom. The Morgan fingerprint density at radius 2 is 1.74 bits per heavy atom. The second kappa shape index (κ2) is 9.02. The number of anilines is 1. The van der Waals surface area contributed by atoms with Crippen molar-refractivity contribution in [2.45, 2.75) is 0 Å². The lowest BCUT2D eigenvalue weighted by molar-refractivity contribution is 0.0745. The molecule has 3 aromatic rings. The highest BCUT2D eigenvalue weighted by molar-refractivity contribution is 6.30. The predicted molar refractivity (Wildman–Crippen MR) is 116 cm³/mol. The number of nitriles is 1. The Balaban J connectivity index is 1.43. The van der Waals surface area contributed by atoms with E-state index in [0.717, 1.165) is 5.56 Å². The molecule has 1 fully saturated rings. The molecule has 0 radical (unpaired) electrons. The molecule has 1 saturated heterocycles. The molecule has 6 nitrogen and oxygen atoms in total. The molecule has 31 heavy (non-hydrogen) atoms. The molecule has 2 heterocycles. The van der Waals surface area contributed by atoms with Crippen molar-refractivity contribution in [3.8, 4) is 6.07 Å². The molecular formula is C23H18ClFN4O2. The number of nitrogens with zero attached hydrogens (tertiary/aromatic N) is 4. The van der Waals surface area contributed by atoms with Gasteiger partial charge in [-0.15, -0.1) is 0 Å². The monoisotopic (exact) mass is 436 g/mol. The number of aromatic nitrogens is 1. The van der Waals surface area contributed by atoms with Crippen molar-refractivity contribution >= 4 is 35.5 Å². The van der Waals surface area contributed by atoms with Crippen LogP contribution in [0.15, 0.2) is 52.9 Å². The second-order valence-corrected chi connectivity index (χ2v) is 7.43. The maximum absolute atomic E-state index is 13.0. The molecule has 4 rings (SSSR count). The van der Waals surface area contributed by atoms with E-state index in [4.69, 9.17) is 16.0 Å². The van der Waals surface area contributed by atoms with Gasteiger partial charge in [0.15, 0.2) is 0 Å². The van der Waals surface area contributed by atoms with Crippen LogP contribution < -0.4 is 4.90 Å². The zero-order valence-electron chi connectivity index (χ0n) is 16.5. The van der Waals surface area contributed by atoms with Gasteiger partial charge in [0, 0.05) is 42.8 Å². The van der Waals surface area contributed by atoms with Gasteiger partial charge in [0.25, 0.3) is 5.91 Å². The van der Waals surface area contributed by atoms with Crippen LogP contribution in [0.2, 0.25) is 5.02 Å². The van der Waals surface area contributed by atoms with Gasteiger partial charge >= 0.3 is 0 Å². The summed E-state index contributed by atoms with van der Waals surface area (Å²) in [6.07, 6.45) is 3.37. The lowest BCUT2D eigenvalue weighted by Crippen LogP contribution is -2.48. The number of halogens is 2. The third-order valence-electron chi connectivity index (χ3n) is 4.97. The summed E-state index contributed by atoms with van der Waals surface area (Å²) >= 11 is 5.89. The summed E-state index contributed by atoms with van der Waals surface area (Å²) < 4.78 is 18.8. The van der Waals surface area contributed by atoms with Gasteiger partial charge in [0.1, 0.15) is 11.9 Å².